The maximum Gasteiger partial charge on any atom is 0.0812 e. The monoisotopic (exact) mass is 208 g/mol. The molecule has 0 aromatic rings. The van der Waals surface area contributed by atoms with Crippen molar-refractivity contribution in [2.75, 3.05) is 6.61 Å². The molecule has 0 aliphatic heterocycles. The molecule has 1 aliphatic rings. The molecule has 1 atom stereocenters. The van der Waals surface area contributed by atoms with Gasteiger partial charge in [0.05, 0.1) is 12.7 Å². The van der Waals surface area contributed by atoms with E-state index in [1.54, 1.807) is 0 Å². The first-order valence-corrected chi connectivity index (χ1v) is 6.02. The van der Waals surface area contributed by atoms with E-state index in [0.717, 1.165) is 5.57 Å². The highest BCUT2D eigenvalue weighted by molar-refractivity contribution is 5.02. The lowest BCUT2D eigenvalue weighted by atomic mass is 9.83. The van der Waals surface area contributed by atoms with Crippen LogP contribution in [0.5, 0.6) is 0 Å². The van der Waals surface area contributed by atoms with Crippen molar-refractivity contribution in [1.29, 1.82) is 0 Å². The fourth-order valence-corrected chi connectivity index (χ4v) is 2.35. The van der Waals surface area contributed by atoms with Gasteiger partial charge in [0.25, 0.3) is 0 Å². The first-order valence-electron chi connectivity index (χ1n) is 6.02. The van der Waals surface area contributed by atoms with Gasteiger partial charge in [-0.25, -0.2) is 0 Å². The molecule has 1 unspecified atom stereocenters. The zero-order chi connectivity index (χ0) is 11.3. The minimum absolute atomic E-state index is 0.252. The van der Waals surface area contributed by atoms with Crippen molar-refractivity contribution in [3.63, 3.8) is 0 Å². The lowest BCUT2D eigenvalue weighted by molar-refractivity contribution is 0.0380. The Balaban J connectivity index is 2.48. The van der Waals surface area contributed by atoms with Gasteiger partial charge in [0.1, 0.15) is 0 Å². The molecule has 0 spiro atoms. The van der Waals surface area contributed by atoms with E-state index in [-0.39, 0.29) is 6.10 Å². The molecule has 0 amide bonds. The molecule has 0 radical (unpaired) electrons. The van der Waals surface area contributed by atoms with E-state index in [0.29, 0.717) is 12.5 Å². The van der Waals surface area contributed by atoms with Crippen LogP contribution in [0.15, 0.2) is 24.3 Å². The van der Waals surface area contributed by atoms with Gasteiger partial charge in [-0.2, -0.15) is 0 Å². The van der Waals surface area contributed by atoms with E-state index in [4.69, 9.17) is 4.74 Å². The minimum atomic E-state index is 0.252. The number of rotatable bonds is 5. The Morgan fingerprint density at radius 2 is 1.80 bits per heavy atom. The molecular formula is C14H24O. The van der Waals surface area contributed by atoms with Crippen molar-refractivity contribution in [3.8, 4) is 0 Å². The van der Waals surface area contributed by atoms with E-state index < -0.39 is 0 Å². The summed E-state index contributed by atoms with van der Waals surface area (Å²) in [7, 11) is 0. The predicted octanol–water partition coefficient (Wildman–Crippen LogP) is 4.10. The molecule has 0 saturated heterocycles. The second-order valence-electron chi connectivity index (χ2n) is 4.93. The molecule has 0 N–H and O–H groups in total. The summed E-state index contributed by atoms with van der Waals surface area (Å²) in [5.74, 6) is 0.690. The van der Waals surface area contributed by atoms with Crippen molar-refractivity contribution < 1.29 is 4.74 Å². The highest BCUT2D eigenvalue weighted by atomic mass is 16.5. The summed E-state index contributed by atoms with van der Waals surface area (Å²) in [6.07, 6.45) is 6.94. The van der Waals surface area contributed by atoms with Crippen LogP contribution in [0.2, 0.25) is 0 Å². The van der Waals surface area contributed by atoms with E-state index >= 15 is 0 Å². The van der Waals surface area contributed by atoms with Gasteiger partial charge in [0.15, 0.2) is 0 Å². The third-order valence-corrected chi connectivity index (χ3v) is 3.07. The molecule has 0 heterocycles. The number of hydrogen-bond donors (Lipinski definition) is 0. The summed E-state index contributed by atoms with van der Waals surface area (Å²) in [6, 6.07) is 0. The zero-order valence-electron chi connectivity index (χ0n) is 10.2. The molecular weight excluding hydrogens is 184 g/mol. The van der Waals surface area contributed by atoms with Crippen LogP contribution in [0, 0.1) is 5.92 Å². The Labute approximate surface area is 94.2 Å². The van der Waals surface area contributed by atoms with Crippen molar-refractivity contribution >= 4 is 0 Å². The number of hydrogen-bond acceptors (Lipinski definition) is 1. The van der Waals surface area contributed by atoms with Gasteiger partial charge in [0, 0.05) is 0 Å². The Bertz CT molecular complexity index is 223. The summed E-state index contributed by atoms with van der Waals surface area (Å²) in [4.78, 5) is 0. The smallest absolute Gasteiger partial charge is 0.0812 e. The predicted molar refractivity (Wildman–Crippen MR) is 65.9 cm³/mol. The molecule has 15 heavy (non-hydrogen) atoms. The molecule has 86 valence electrons. The fourth-order valence-electron chi connectivity index (χ4n) is 2.35. The lowest BCUT2D eigenvalue weighted by Crippen LogP contribution is -2.27. The van der Waals surface area contributed by atoms with Crippen LogP contribution in [0.25, 0.3) is 0 Å². The summed E-state index contributed by atoms with van der Waals surface area (Å²) < 4.78 is 5.91. The average Bonchev–Trinajstić information content (AvgIpc) is 2.18. The quantitative estimate of drug-likeness (QED) is 0.618. The van der Waals surface area contributed by atoms with Crippen LogP contribution < -0.4 is 0 Å². The maximum atomic E-state index is 5.91. The van der Waals surface area contributed by atoms with Crippen molar-refractivity contribution in [2.24, 2.45) is 5.92 Å². The highest BCUT2D eigenvalue weighted by Crippen LogP contribution is 2.30. The maximum absolute atomic E-state index is 5.91. The van der Waals surface area contributed by atoms with E-state index in [1.807, 2.05) is 6.92 Å². The van der Waals surface area contributed by atoms with E-state index in [1.165, 1.54) is 37.7 Å². The van der Waals surface area contributed by atoms with Gasteiger partial charge >= 0.3 is 0 Å². The molecule has 1 rings (SSSR count). The Morgan fingerprint density at radius 3 is 2.27 bits per heavy atom. The Kier molecular flexibility index (Phi) is 5.10. The third kappa shape index (κ3) is 4.21. The van der Waals surface area contributed by atoms with E-state index in [2.05, 4.69) is 20.1 Å². The molecule has 0 bridgehead atoms. The van der Waals surface area contributed by atoms with Gasteiger partial charge in [-0.15, -0.1) is 0 Å². The average molecular weight is 208 g/mol. The number of ether oxygens (including phenoxy) is 1. The summed E-state index contributed by atoms with van der Waals surface area (Å²) in [5, 5.41) is 0. The Morgan fingerprint density at radius 1 is 1.20 bits per heavy atom. The molecule has 1 fully saturated rings. The third-order valence-electron chi connectivity index (χ3n) is 3.07. The molecule has 1 saturated carbocycles. The molecule has 0 aromatic heterocycles. The van der Waals surface area contributed by atoms with Crippen molar-refractivity contribution in [3.05, 3.63) is 24.3 Å². The van der Waals surface area contributed by atoms with Crippen LogP contribution in [0.4, 0.5) is 0 Å². The first kappa shape index (κ1) is 12.5. The topological polar surface area (TPSA) is 9.23 Å². The second kappa shape index (κ2) is 6.12. The van der Waals surface area contributed by atoms with Gasteiger partial charge in [-0.1, -0.05) is 43.6 Å². The minimum Gasteiger partial charge on any atom is -0.369 e. The largest absolute Gasteiger partial charge is 0.369 e. The molecule has 1 heteroatoms. The van der Waals surface area contributed by atoms with Crippen LogP contribution in [0.1, 0.15) is 46.0 Å². The van der Waals surface area contributed by atoms with Crippen LogP contribution in [-0.2, 0) is 4.74 Å². The lowest BCUT2D eigenvalue weighted by Gasteiger charge is -2.30. The molecule has 0 aromatic carbocycles. The van der Waals surface area contributed by atoms with E-state index in [9.17, 15) is 0 Å². The van der Waals surface area contributed by atoms with Gasteiger partial charge in [0.2, 0.25) is 0 Å². The zero-order valence-corrected chi connectivity index (χ0v) is 10.2. The standard InChI is InChI=1S/C14H24O/c1-11(2)10-15-14(12(3)4)13-8-6-5-7-9-13/h13-14H,1,3,5-10H2,2,4H3. The fraction of sp³-hybridized carbons (Fsp3) is 0.714. The summed E-state index contributed by atoms with van der Waals surface area (Å²) in [6.45, 7) is 12.7. The Hall–Kier alpha value is -0.560. The van der Waals surface area contributed by atoms with Crippen molar-refractivity contribution in [1.82, 2.24) is 0 Å². The molecule has 1 aliphatic carbocycles. The van der Waals surface area contributed by atoms with Crippen LogP contribution >= 0.6 is 0 Å². The van der Waals surface area contributed by atoms with Gasteiger partial charge in [-0.05, 0) is 32.6 Å². The SMILES string of the molecule is C=C(C)COC(C(=C)C)C1CCCCC1. The van der Waals surface area contributed by atoms with Gasteiger partial charge in [-0.3, -0.25) is 0 Å². The second-order valence-corrected chi connectivity index (χ2v) is 4.93. The summed E-state index contributed by atoms with van der Waals surface area (Å²) >= 11 is 0. The first-order chi connectivity index (χ1) is 7.11. The van der Waals surface area contributed by atoms with Gasteiger partial charge < -0.3 is 4.74 Å². The highest BCUT2D eigenvalue weighted by Gasteiger charge is 2.24. The van der Waals surface area contributed by atoms with Crippen LogP contribution in [0.3, 0.4) is 0 Å². The van der Waals surface area contributed by atoms with Crippen molar-refractivity contribution in [2.45, 2.75) is 52.1 Å². The normalized spacial score (nSPS) is 19.9. The molecule has 1 nitrogen and oxygen atoms in total. The summed E-state index contributed by atoms with van der Waals surface area (Å²) in [5.41, 5.74) is 2.26. The van der Waals surface area contributed by atoms with Crippen LogP contribution in [-0.4, -0.2) is 12.7 Å².